The molecular weight excluding hydrogens is 338 g/mol. The number of rotatable bonds is 7. The topological polar surface area (TPSA) is 93.8 Å². The summed E-state index contributed by atoms with van der Waals surface area (Å²) in [6.07, 6.45) is 0.567. The molecule has 2 rings (SSSR count). The largest absolute Gasteiger partial charge is 0.497 e. The molecule has 6 nitrogen and oxygen atoms in total. The Labute approximate surface area is 148 Å². The van der Waals surface area contributed by atoms with E-state index in [9.17, 15) is 8.42 Å². The van der Waals surface area contributed by atoms with Gasteiger partial charge in [0.15, 0.2) is 15.8 Å². The summed E-state index contributed by atoms with van der Waals surface area (Å²) in [4.78, 5) is 4.61. The first-order chi connectivity index (χ1) is 11.9. The summed E-state index contributed by atoms with van der Waals surface area (Å²) in [6.45, 7) is 1.88. The third-order valence-corrected chi connectivity index (χ3v) is 5.48. The highest BCUT2D eigenvalue weighted by molar-refractivity contribution is 7.91. The molecule has 0 aliphatic heterocycles. The molecule has 0 saturated heterocycles. The second-order valence-corrected chi connectivity index (χ2v) is 7.56. The molecule has 7 heteroatoms. The molecule has 0 fully saturated rings. The van der Waals surface area contributed by atoms with Gasteiger partial charge in [0.2, 0.25) is 0 Å². The third kappa shape index (κ3) is 5.49. The van der Waals surface area contributed by atoms with Gasteiger partial charge in [0.25, 0.3) is 0 Å². The maximum absolute atomic E-state index is 12.5. The van der Waals surface area contributed by atoms with Crippen molar-refractivity contribution in [3.8, 4) is 5.75 Å². The van der Waals surface area contributed by atoms with E-state index < -0.39 is 15.9 Å². The van der Waals surface area contributed by atoms with Crippen molar-refractivity contribution >= 4 is 21.5 Å². The lowest BCUT2D eigenvalue weighted by atomic mass is 10.3. The van der Waals surface area contributed by atoms with Gasteiger partial charge < -0.3 is 15.8 Å². The summed E-state index contributed by atoms with van der Waals surface area (Å²) in [6, 6.07) is 15.2. The number of sulfone groups is 1. The molecular formula is C18H23N3O3S. The summed E-state index contributed by atoms with van der Waals surface area (Å²) >= 11 is 0. The molecule has 0 aliphatic rings. The van der Waals surface area contributed by atoms with E-state index in [-0.39, 0.29) is 11.7 Å². The minimum absolute atomic E-state index is 0.0848. The van der Waals surface area contributed by atoms with Crippen LogP contribution in [0.5, 0.6) is 5.75 Å². The minimum Gasteiger partial charge on any atom is -0.497 e. The highest BCUT2D eigenvalue weighted by atomic mass is 32.2. The Morgan fingerprint density at radius 1 is 1.16 bits per heavy atom. The van der Waals surface area contributed by atoms with Crippen LogP contribution in [0.15, 0.2) is 64.5 Å². The first-order valence-electron chi connectivity index (χ1n) is 7.96. The molecule has 0 amide bonds. The Hall–Kier alpha value is -2.54. The van der Waals surface area contributed by atoms with Crippen LogP contribution in [0.4, 0.5) is 5.69 Å². The van der Waals surface area contributed by atoms with Gasteiger partial charge in [-0.1, -0.05) is 25.1 Å². The molecule has 0 spiro atoms. The maximum Gasteiger partial charge on any atom is 0.193 e. The predicted octanol–water partition coefficient (Wildman–Crippen LogP) is 2.67. The summed E-state index contributed by atoms with van der Waals surface area (Å²) in [7, 11) is -1.81. The van der Waals surface area contributed by atoms with Crippen LogP contribution < -0.4 is 15.8 Å². The van der Waals surface area contributed by atoms with E-state index in [1.54, 1.807) is 49.6 Å². The number of aliphatic imine (C=N–C) groups is 1. The smallest absolute Gasteiger partial charge is 0.193 e. The number of guanidine groups is 1. The number of ether oxygens (including phenoxy) is 1. The number of hydrogen-bond acceptors (Lipinski definition) is 4. The van der Waals surface area contributed by atoms with Crippen molar-refractivity contribution in [2.75, 3.05) is 18.2 Å². The first kappa shape index (κ1) is 18.8. The van der Waals surface area contributed by atoms with Crippen LogP contribution in [0.2, 0.25) is 0 Å². The van der Waals surface area contributed by atoms with Gasteiger partial charge in [-0.3, -0.25) is 0 Å². The predicted molar refractivity (Wildman–Crippen MR) is 101 cm³/mol. The van der Waals surface area contributed by atoms with Gasteiger partial charge in [0.05, 0.1) is 23.8 Å². The number of nitrogens with zero attached hydrogens (tertiary/aromatic N) is 1. The zero-order chi connectivity index (χ0) is 18.3. The Bertz CT molecular complexity index is 803. The quantitative estimate of drug-likeness (QED) is 0.584. The number of benzene rings is 2. The van der Waals surface area contributed by atoms with E-state index in [4.69, 9.17) is 10.5 Å². The molecule has 0 aliphatic carbocycles. The van der Waals surface area contributed by atoms with E-state index in [1.807, 2.05) is 19.1 Å². The van der Waals surface area contributed by atoms with Crippen molar-refractivity contribution in [1.29, 1.82) is 0 Å². The molecule has 134 valence electrons. The van der Waals surface area contributed by atoms with Crippen molar-refractivity contribution < 1.29 is 13.2 Å². The normalized spacial score (nSPS) is 13.3. The molecule has 3 N–H and O–H groups in total. The average molecular weight is 361 g/mol. The maximum atomic E-state index is 12.5. The summed E-state index contributed by atoms with van der Waals surface area (Å²) in [5.41, 5.74) is 6.68. The Balaban J connectivity index is 2.07. The van der Waals surface area contributed by atoms with E-state index in [1.165, 1.54) is 0 Å². The molecule has 25 heavy (non-hydrogen) atoms. The molecule has 0 heterocycles. The van der Waals surface area contributed by atoms with E-state index in [0.717, 1.165) is 11.4 Å². The zero-order valence-corrected chi connectivity index (χ0v) is 15.2. The highest BCUT2D eigenvalue weighted by Gasteiger charge is 2.20. The molecule has 0 radical (unpaired) electrons. The number of nitrogens with two attached hydrogens (primary N) is 1. The van der Waals surface area contributed by atoms with Crippen LogP contribution in [0.1, 0.15) is 13.3 Å². The number of anilines is 1. The number of hydrogen-bond donors (Lipinski definition) is 2. The third-order valence-electron chi connectivity index (χ3n) is 3.67. The molecule has 1 atom stereocenters. The monoisotopic (exact) mass is 361 g/mol. The van der Waals surface area contributed by atoms with Gasteiger partial charge in [-0.25, -0.2) is 13.4 Å². The van der Waals surface area contributed by atoms with E-state index in [0.29, 0.717) is 11.3 Å². The lowest BCUT2D eigenvalue weighted by Crippen LogP contribution is -2.28. The fraction of sp³-hybridized carbons (Fsp3) is 0.278. The fourth-order valence-corrected chi connectivity index (χ4v) is 3.86. The summed E-state index contributed by atoms with van der Waals surface area (Å²) < 4.78 is 30.0. The Morgan fingerprint density at radius 2 is 1.80 bits per heavy atom. The van der Waals surface area contributed by atoms with Gasteiger partial charge >= 0.3 is 0 Å². The van der Waals surface area contributed by atoms with Crippen molar-refractivity contribution in [3.63, 3.8) is 0 Å². The Morgan fingerprint density at radius 3 is 2.36 bits per heavy atom. The van der Waals surface area contributed by atoms with Gasteiger partial charge in [-0.05, 0) is 42.8 Å². The van der Waals surface area contributed by atoms with Crippen molar-refractivity contribution in [3.05, 3.63) is 54.6 Å². The second-order valence-electron chi connectivity index (χ2n) is 5.52. The Kier molecular flexibility index (Phi) is 6.41. The number of nitrogens with one attached hydrogen (secondary N) is 1. The van der Waals surface area contributed by atoms with Crippen molar-refractivity contribution in [2.24, 2.45) is 10.7 Å². The van der Waals surface area contributed by atoms with E-state index >= 15 is 0 Å². The molecule has 0 saturated carbocycles. The fourth-order valence-electron chi connectivity index (χ4n) is 2.27. The van der Waals surface area contributed by atoms with Crippen molar-refractivity contribution in [1.82, 2.24) is 0 Å². The second kappa shape index (κ2) is 8.53. The summed E-state index contributed by atoms with van der Waals surface area (Å²) in [5.74, 6) is 0.833. The molecule has 0 bridgehead atoms. The zero-order valence-electron chi connectivity index (χ0n) is 14.3. The van der Waals surface area contributed by atoms with Crippen LogP contribution in [0, 0.1) is 0 Å². The molecule has 2 aromatic carbocycles. The van der Waals surface area contributed by atoms with Gasteiger partial charge in [0, 0.05) is 5.69 Å². The SMILES string of the molecule is CCC(CS(=O)(=O)c1ccccc1)N=C(N)Nc1ccc(OC)cc1. The van der Waals surface area contributed by atoms with Gasteiger partial charge in [-0.2, -0.15) is 0 Å². The molecule has 2 aromatic rings. The molecule has 0 aromatic heterocycles. The van der Waals surface area contributed by atoms with Crippen LogP contribution in [0.3, 0.4) is 0 Å². The summed E-state index contributed by atoms with van der Waals surface area (Å²) in [5, 5.41) is 2.96. The lowest BCUT2D eigenvalue weighted by molar-refractivity contribution is 0.415. The minimum atomic E-state index is -3.41. The average Bonchev–Trinajstić information content (AvgIpc) is 2.62. The van der Waals surface area contributed by atoms with Crippen LogP contribution in [-0.2, 0) is 9.84 Å². The number of methoxy groups -OCH3 is 1. The molecule has 1 unspecified atom stereocenters. The first-order valence-corrected chi connectivity index (χ1v) is 9.62. The van der Waals surface area contributed by atoms with Crippen LogP contribution in [-0.4, -0.2) is 33.3 Å². The lowest BCUT2D eigenvalue weighted by Gasteiger charge is -2.13. The highest BCUT2D eigenvalue weighted by Crippen LogP contribution is 2.16. The van der Waals surface area contributed by atoms with Crippen LogP contribution >= 0.6 is 0 Å². The van der Waals surface area contributed by atoms with Crippen LogP contribution in [0.25, 0.3) is 0 Å². The van der Waals surface area contributed by atoms with E-state index in [2.05, 4.69) is 10.3 Å². The standard InChI is InChI=1S/C18H23N3O3S/c1-3-14(13-25(22,23)17-7-5-4-6-8-17)20-18(19)21-15-9-11-16(24-2)12-10-15/h4-12,14H,3,13H2,1-2H3,(H3,19,20,21). The van der Waals surface area contributed by atoms with Gasteiger partial charge in [-0.15, -0.1) is 0 Å². The van der Waals surface area contributed by atoms with Gasteiger partial charge in [0.1, 0.15) is 5.75 Å². The van der Waals surface area contributed by atoms with Crippen molar-refractivity contribution in [2.45, 2.75) is 24.3 Å².